The minimum Gasteiger partial charge on any atom is -1.00 e. The van der Waals surface area contributed by atoms with Crippen LogP contribution in [0.3, 0.4) is 0 Å². The molecule has 0 amide bonds. The Balaban J connectivity index is 0. The number of nitrogens with zero attached hydrogens (tertiary/aromatic N) is 1. The molecule has 0 heterocycles. The Morgan fingerprint density at radius 2 is 0.352 bits per heavy atom. The van der Waals surface area contributed by atoms with Gasteiger partial charge in [-0.1, -0.05) is 252 Å². The van der Waals surface area contributed by atoms with Crippen LogP contribution in [0.15, 0.2) is 0 Å². The van der Waals surface area contributed by atoms with Crippen LogP contribution < -0.4 is 12.4 Å². The molecule has 0 aliphatic rings. The van der Waals surface area contributed by atoms with Gasteiger partial charge in [-0.3, -0.25) is 0 Å². The van der Waals surface area contributed by atoms with Crippen molar-refractivity contribution in [1.29, 1.82) is 0 Å². The molecule has 328 valence electrons. The SMILES string of the molecule is CCCCCCCCCCCCCCCC[N+](CCCCCCCCCCCCCCCC)(CCCCCCCCCCCCCCCC)C(C)(C)C.[Cl-]. The molecule has 54 heavy (non-hydrogen) atoms. The van der Waals surface area contributed by atoms with Crippen LogP contribution in [-0.4, -0.2) is 29.7 Å². The molecule has 0 radical (unpaired) electrons. The Bertz CT molecular complexity index is 589. The van der Waals surface area contributed by atoms with E-state index in [1.165, 1.54) is 294 Å². The Morgan fingerprint density at radius 3 is 0.481 bits per heavy atom. The number of unbranched alkanes of at least 4 members (excludes halogenated alkanes) is 39. The van der Waals surface area contributed by atoms with Crippen molar-refractivity contribution < 1.29 is 16.9 Å². The third-order valence-electron chi connectivity index (χ3n) is 13.2. The van der Waals surface area contributed by atoms with E-state index in [0.717, 1.165) is 0 Å². The molecule has 2 heteroatoms. The van der Waals surface area contributed by atoms with E-state index in [-0.39, 0.29) is 12.4 Å². The monoisotopic (exact) mass is 782 g/mol. The van der Waals surface area contributed by atoms with Crippen molar-refractivity contribution in [3.05, 3.63) is 0 Å². The van der Waals surface area contributed by atoms with Gasteiger partial charge in [0.05, 0.1) is 25.2 Å². The smallest absolute Gasteiger partial charge is 0.0907 e. The number of rotatable bonds is 45. The zero-order valence-electron chi connectivity index (χ0n) is 39.1. The lowest BCUT2D eigenvalue weighted by molar-refractivity contribution is -0.971. The Kier molecular flexibility index (Phi) is 46.3. The normalized spacial score (nSPS) is 12.1. The molecule has 0 aromatic heterocycles. The van der Waals surface area contributed by atoms with Crippen LogP contribution in [0.25, 0.3) is 0 Å². The molecule has 0 N–H and O–H groups in total. The summed E-state index contributed by atoms with van der Waals surface area (Å²) in [6, 6.07) is 0. The van der Waals surface area contributed by atoms with E-state index in [0.29, 0.717) is 5.54 Å². The van der Waals surface area contributed by atoms with Crippen molar-refractivity contribution in [3.8, 4) is 0 Å². The van der Waals surface area contributed by atoms with Gasteiger partial charge in [0, 0.05) is 0 Å². The van der Waals surface area contributed by atoms with Crippen molar-refractivity contribution in [2.24, 2.45) is 0 Å². The maximum absolute atomic E-state index is 2.59. The summed E-state index contributed by atoms with van der Waals surface area (Å²) in [7, 11) is 0. The summed E-state index contributed by atoms with van der Waals surface area (Å²) < 4.78 is 1.39. The minimum absolute atomic E-state index is 0. The zero-order chi connectivity index (χ0) is 38.8. The fraction of sp³-hybridized carbons (Fsp3) is 1.00. The van der Waals surface area contributed by atoms with E-state index in [4.69, 9.17) is 0 Å². The molecule has 0 aromatic carbocycles. The van der Waals surface area contributed by atoms with Gasteiger partial charge < -0.3 is 16.9 Å². The van der Waals surface area contributed by atoms with E-state index in [9.17, 15) is 0 Å². The molecular formula is C52H108ClN. The van der Waals surface area contributed by atoms with Crippen LogP contribution in [0.2, 0.25) is 0 Å². The highest BCUT2D eigenvalue weighted by Crippen LogP contribution is 2.29. The molecule has 0 rings (SSSR count). The van der Waals surface area contributed by atoms with Crippen LogP contribution in [0.1, 0.15) is 311 Å². The highest BCUT2D eigenvalue weighted by Gasteiger charge is 2.38. The first-order valence-electron chi connectivity index (χ1n) is 25.8. The van der Waals surface area contributed by atoms with Gasteiger partial charge in [-0.2, -0.15) is 0 Å². The topological polar surface area (TPSA) is 0 Å². The Hall–Kier alpha value is 0.250. The number of hydrogen-bond acceptors (Lipinski definition) is 0. The van der Waals surface area contributed by atoms with Crippen LogP contribution in [0.4, 0.5) is 0 Å². The van der Waals surface area contributed by atoms with Gasteiger partial charge in [-0.05, 0) is 59.3 Å². The number of halogens is 1. The second-order valence-corrected chi connectivity index (χ2v) is 19.3. The molecule has 0 fully saturated rings. The molecule has 0 unspecified atom stereocenters. The molecule has 0 aromatic rings. The third kappa shape index (κ3) is 37.8. The molecule has 0 atom stereocenters. The summed E-state index contributed by atoms with van der Waals surface area (Å²) in [5.74, 6) is 0. The van der Waals surface area contributed by atoms with Gasteiger partial charge in [0.1, 0.15) is 0 Å². The predicted molar refractivity (Wildman–Crippen MR) is 246 cm³/mol. The third-order valence-corrected chi connectivity index (χ3v) is 13.2. The van der Waals surface area contributed by atoms with Crippen LogP contribution in [0, 0.1) is 0 Å². The van der Waals surface area contributed by atoms with Gasteiger partial charge in [-0.25, -0.2) is 0 Å². The minimum atomic E-state index is 0. The van der Waals surface area contributed by atoms with E-state index >= 15 is 0 Å². The first-order chi connectivity index (χ1) is 25.9. The van der Waals surface area contributed by atoms with Crippen LogP contribution in [-0.2, 0) is 0 Å². The maximum atomic E-state index is 2.59. The van der Waals surface area contributed by atoms with E-state index < -0.39 is 0 Å². The molecule has 0 aliphatic heterocycles. The summed E-state index contributed by atoms with van der Waals surface area (Å²) in [5, 5.41) is 0. The largest absolute Gasteiger partial charge is 1.00 e. The van der Waals surface area contributed by atoms with Crippen molar-refractivity contribution in [1.82, 2.24) is 0 Å². The van der Waals surface area contributed by atoms with E-state index in [1.54, 1.807) is 0 Å². The molecule has 0 saturated carbocycles. The molecule has 0 aliphatic carbocycles. The van der Waals surface area contributed by atoms with Gasteiger partial charge in [0.2, 0.25) is 0 Å². The van der Waals surface area contributed by atoms with Gasteiger partial charge in [0.15, 0.2) is 0 Å². The summed E-state index contributed by atoms with van der Waals surface area (Å²) >= 11 is 0. The summed E-state index contributed by atoms with van der Waals surface area (Å²) in [5.41, 5.74) is 0.365. The standard InChI is InChI=1S/C52H108N.ClH/c1-7-10-13-16-19-22-25-28-31-34-37-40-43-46-49-53(52(4,5)6,50-47-44-41-38-35-32-29-26-23-20-17-14-11-8-2)51-48-45-42-39-36-33-30-27-24-21-18-15-12-9-3;/h7-51H2,1-6H3;1H/q+1;/p-1. The van der Waals surface area contributed by atoms with Crippen molar-refractivity contribution in [3.63, 3.8) is 0 Å². The quantitative estimate of drug-likeness (QED) is 0.0426. The van der Waals surface area contributed by atoms with Gasteiger partial charge in [-0.15, -0.1) is 0 Å². The lowest BCUT2D eigenvalue weighted by atomic mass is 9.96. The second kappa shape index (κ2) is 44.4. The Morgan fingerprint density at radius 1 is 0.222 bits per heavy atom. The van der Waals surface area contributed by atoms with Gasteiger partial charge in [0.25, 0.3) is 0 Å². The maximum Gasteiger partial charge on any atom is 0.0907 e. The molecular weight excluding hydrogens is 674 g/mol. The van der Waals surface area contributed by atoms with E-state index in [2.05, 4.69) is 41.5 Å². The highest BCUT2D eigenvalue weighted by molar-refractivity contribution is 4.67. The van der Waals surface area contributed by atoms with Gasteiger partial charge >= 0.3 is 0 Å². The first kappa shape index (κ1) is 56.3. The summed E-state index contributed by atoms with van der Waals surface area (Å²) in [4.78, 5) is 0. The fourth-order valence-electron chi connectivity index (χ4n) is 9.17. The van der Waals surface area contributed by atoms with Crippen LogP contribution in [0.5, 0.6) is 0 Å². The lowest BCUT2D eigenvalue weighted by Crippen LogP contribution is -3.00. The second-order valence-electron chi connectivity index (χ2n) is 19.3. The first-order valence-corrected chi connectivity index (χ1v) is 25.8. The average Bonchev–Trinajstić information content (AvgIpc) is 3.14. The lowest BCUT2D eigenvalue weighted by Gasteiger charge is -2.49. The summed E-state index contributed by atoms with van der Waals surface area (Å²) in [6.07, 6.45) is 61.5. The van der Waals surface area contributed by atoms with Crippen molar-refractivity contribution >= 4 is 0 Å². The molecule has 0 spiro atoms. The highest BCUT2D eigenvalue weighted by atomic mass is 35.5. The van der Waals surface area contributed by atoms with Crippen molar-refractivity contribution in [2.45, 2.75) is 317 Å². The molecule has 0 bridgehead atoms. The van der Waals surface area contributed by atoms with Crippen LogP contribution >= 0.6 is 0 Å². The molecule has 1 nitrogen and oxygen atoms in total. The summed E-state index contributed by atoms with van der Waals surface area (Å²) in [6.45, 7) is 19.0. The predicted octanol–water partition coefficient (Wildman–Crippen LogP) is 16.0. The van der Waals surface area contributed by atoms with Crippen molar-refractivity contribution in [2.75, 3.05) is 19.6 Å². The molecule has 0 saturated heterocycles. The number of hydrogen-bond donors (Lipinski definition) is 0. The Labute approximate surface area is 351 Å². The number of quaternary nitrogens is 1. The van der Waals surface area contributed by atoms with E-state index in [1.807, 2.05) is 0 Å². The fourth-order valence-corrected chi connectivity index (χ4v) is 9.17. The average molecular weight is 783 g/mol. The zero-order valence-corrected chi connectivity index (χ0v) is 39.9.